The Morgan fingerprint density at radius 3 is 2.75 bits per heavy atom. The largest absolute Gasteiger partial charge is 0.379 e. The predicted octanol–water partition coefficient (Wildman–Crippen LogP) is 3.22. The molecule has 0 spiro atoms. The van der Waals surface area contributed by atoms with E-state index in [2.05, 4.69) is 27.7 Å². The number of aryl methyl sites for hydroxylation is 1. The van der Waals surface area contributed by atoms with E-state index in [1.807, 2.05) is 0 Å². The van der Waals surface area contributed by atoms with Gasteiger partial charge in [0.2, 0.25) is 5.91 Å². The first kappa shape index (κ1) is 17.9. The van der Waals surface area contributed by atoms with E-state index in [1.165, 1.54) is 37.0 Å². The molecule has 0 radical (unpaired) electrons. The van der Waals surface area contributed by atoms with E-state index in [4.69, 9.17) is 4.74 Å². The molecule has 0 aromatic carbocycles. The Hall–Kier alpha value is -0.910. The van der Waals surface area contributed by atoms with Crippen LogP contribution in [0.2, 0.25) is 0 Å². The monoisotopic (exact) mass is 350 g/mol. The first-order chi connectivity index (χ1) is 11.8. The maximum absolute atomic E-state index is 12.3. The van der Waals surface area contributed by atoms with Gasteiger partial charge in [0, 0.05) is 36.5 Å². The Balaban J connectivity index is 1.46. The molecule has 1 saturated heterocycles. The molecule has 2 fully saturated rings. The highest BCUT2D eigenvalue weighted by Crippen LogP contribution is 2.33. The summed E-state index contributed by atoms with van der Waals surface area (Å²) in [5.41, 5.74) is 0.172. The normalized spacial score (nSPS) is 21.5. The van der Waals surface area contributed by atoms with Gasteiger partial charge < -0.3 is 10.1 Å². The highest BCUT2D eigenvalue weighted by molar-refractivity contribution is 7.09. The smallest absolute Gasteiger partial charge is 0.220 e. The van der Waals surface area contributed by atoms with Gasteiger partial charge in [0.1, 0.15) is 0 Å². The van der Waals surface area contributed by atoms with Gasteiger partial charge in [0.15, 0.2) is 0 Å². The zero-order valence-electron chi connectivity index (χ0n) is 14.6. The number of thiophene rings is 1. The molecule has 1 aromatic heterocycles. The number of hydrogen-bond acceptors (Lipinski definition) is 4. The Labute approximate surface area is 149 Å². The van der Waals surface area contributed by atoms with Crippen molar-refractivity contribution >= 4 is 17.2 Å². The zero-order chi connectivity index (χ0) is 16.7. The number of nitrogens with zero attached hydrogens (tertiary/aromatic N) is 1. The van der Waals surface area contributed by atoms with Crippen molar-refractivity contribution in [2.45, 2.75) is 56.9 Å². The lowest BCUT2D eigenvalue weighted by atomic mass is 9.79. The molecular formula is C19H30N2O2S. The average molecular weight is 351 g/mol. The number of nitrogens with one attached hydrogen (secondary N) is 1. The zero-order valence-corrected chi connectivity index (χ0v) is 15.4. The van der Waals surface area contributed by atoms with Gasteiger partial charge in [-0.15, -0.1) is 11.3 Å². The van der Waals surface area contributed by atoms with Crippen molar-refractivity contribution in [1.82, 2.24) is 10.2 Å². The fourth-order valence-corrected chi connectivity index (χ4v) is 4.83. The van der Waals surface area contributed by atoms with Crippen LogP contribution in [0.1, 0.15) is 49.8 Å². The molecule has 134 valence electrons. The summed E-state index contributed by atoms with van der Waals surface area (Å²) in [7, 11) is 0. The SMILES string of the molecule is O=C(CCCc1cccs1)NCC1(N2CCOCC2)CCCCC1. The van der Waals surface area contributed by atoms with Crippen molar-refractivity contribution < 1.29 is 9.53 Å². The third-order valence-electron chi connectivity index (χ3n) is 5.49. The minimum atomic E-state index is 0.172. The summed E-state index contributed by atoms with van der Waals surface area (Å²) >= 11 is 1.78. The molecule has 1 amide bonds. The summed E-state index contributed by atoms with van der Waals surface area (Å²) < 4.78 is 5.52. The van der Waals surface area contributed by atoms with Crippen molar-refractivity contribution in [1.29, 1.82) is 0 Å². The lowest BCUT2D eigenvalue weighted by Crippen LogP contribution is -2.59. The number of carbonyl (C=O) groups excluding carboxylic acids is 1. The first-order valence-electron chi connectivity index (χ1n) is 9.40. The second-order valence-electron chi connectivity index (χ2n) is 7.09. The highest BCUT2D eigenvalue weighted by atomic mass is 32.1. The number of ether oxygens (including phenoxy) is 1. The van der Waals surface area contributed by atoms with Crippen LogP contribution in [-0.4, -0.2) is 49.2 Å². The molecular weight excluding hydrogens is 320 g/mol. The molecule has 1 N–H and O–H groups in total. The highest BCUT2D eigenvalue weighted by Gasteiger charge is 2.38. The summed E-state index contributed by atoms with van der Waals surface area (Å²) in [4.78, 5) is 16.2. The molecule has 1 aliphatic heterocycles. The molecule has 2 heterocycles. The van der Waals surface area contributed by atoms with Crippen molar-refractivity contribution in [3.63, 3.8) is 0 Å². The molecule has 1 aromatic rings. The van der Waals surface area contributed by atoms with Gasteiger partial charge in [0.25, 0.3) is 0 Å². The molecule has 5 heteroatoms. The van der Waals surface area contributed by atoms with E-state index in [0.29, 0.717) is 6.42 Å². The first-order valence-corrected chi connectivity index (χ1v) is 10.3. The second-order valence-corrected chi connectivity index (χ2v) is 8.13. The lowest BCUT2D eigenvalue weighted by molar-refractivity contribution is -0.122. The summed E-state index contributed by atoms with van der Waals surface area (Å²) in [6.45, 7) is 4.49. The van der Waals surface area contributed by atoms with Gasteiger partial charge in [-0.05, 0) is 37.1 Å². The maximum Gasteiger partial charge on any atom is 0.220 e. The van der Waals surface area contributed by atoms with Crippen LogP contribution in [0.4, 0.5) is 0 Å². The minimum Gasteiger partial charge on any atom is -0.379 e. The molecule has 0 atom stereocenters. The third kappa shape index (κ3) is 4.80. The van der Waals surface area contributed by atoms with E-state index in [0.717, 1.165) is 45.7 Å². The Morgan fingerprint density at radius 1 is 1.25 bits per heavy atom. The standard InChI is InChI=1S/C19H30N2O2S/c22-18(8-4-6-17-7-5-15-24-17)20-16-19(9-2-1-3-10-19)21-11-13-23-14-12-21/h5,7,15H,1-4,6,8-14,16H2,(H,20,22). The summed E-state index contributed by atoms with van der Waals surface area (Å²) in [5, 5.41) is 5.35. The summed E-state index contributed by atoms with van der Waals surface area (Å²) in [5.74, 6) is 0.213. The molecule has 2 aliphatic rings. The van der Waals surface area contributed by atoms with E-state index >= 15 is 0 Å². The van der Waals surface area contributed by atoms with Gasteiger partial charge in [0.05, 0.1) is 13.2 Å². The van der Waals surface area contributed by atoms with E-state index in [1.54, 1.807) is 11.3 Å². The second kappa shape index (κ2) is 8.97. The minimum absolute atomic E-state index is 0.172. The number of morpholine rings is 1. The predicted molar refractivity (Wildman–Crippen MR) is 98.5 cm³/mol. The number of rotatable bonds is 7. The van der Waals surface area contributed by atoms with Gasteiger partial charge in [-0.25, -0.2) is 0 Å². The molecule has 1 saturated carbocycles. The van der Waals surface area contributed by atoms with E-state index in [-0.39, 0.29) is 11.4 Å². The van der Waals surface area contributed by atoms with Crippen LogP contribution in [0.25, 0.3) is 0 Å². The van der Waals surface area contributed by atoms with Crippen LogP contribution < -0.4 is 5.32 Å². The van der Waals surface area contributed by atoms with Crippen molar-refractivity contribution in [2.75, 3.05) is 32.8 Å². The molecule has 1 aliphatic carbocycles. The van der Waals surface area contributed by atoms with E-state index < -0.39 is 0 Å². The Bertz CT molecular complexity index is 491. The Morgan fingerprint density at radius 2 is 2.04 bits per heavy atom. The van der Waals surface area contributed by atoms with Crippen molar-refractivity contribution in [3.05, 3.63) is 22.4 Å². The van der Waals surface area contributed by atoms with Gasteiger partial charge >= 0.3 is 0 Å². The van der Waals surface area contributed by atoms with Crippen LogP contribution in [0.3, 0.4) is 0 Å². The maximum atomic E-state index is 12.3. The van der Waals surface area contributed by atoms with Gasteiger partial charge in [-0.1, -0.05) is 25.3 Å². The molecule has 24 heavy (non-hydrogen) atoms. The number of amides is 1. The Kier molecular flexibility index (Phi) is 6.69. The fourth-order valence-electron chi connectivity index (χ4n) is 4.08. The van der Waals surface area contributed by atoms with Crippen LogP contribution >= 0.6 is 11.3 Å². The average Bonchev–Trinajstić information content (AvgIpc) is 3.15. The fraction of sp³-hybridized carbons (Fsp3) is 0.737. The third-order valence-corrected chi connectivity index (χ3v) is 6.42. The molecule has 0 unspecified atom stereocenters. The number of carbonyl (C=O) groups is 1. The van der Waals surface area contributed by atoms with Crippen LogP contribution in [0, 0.1) is 0 Å². The quantitative estimate of drug-likeness (QED) is 0.821. The van der Waals surface area contributed by atoms with Crippen LogP contribution in [0.5, 0.6) is 0 Å². The molecule has 0 bridgehead atoms. The molecule has 4 nitrogen and oxygen atoms in total. The lowest BCUT2D eigenvalue weighted by Gasteiger charge is -2.48. The van der Waals surface area contributed by atoms with E-state index in [9.17, 15) is 4.79 Å². The molecule has 3 rings (SSSR count). The number of hydrogen-bond donors (Lipinski definition) is 1. The topological polar surface area (TPSA) is 41.6 Å². The van der Waals surface area contributed by atoms with Gasteiger partial charge in [-0.2, -0.15) is 0 Å². The summed E-state index contributed by atoms with van der Waals surface area (Å²) in [6.07, 6.45) is 8.91. The van der Waals surface area contributed by atoms with Crippen LogP contribution in [0.15, 0.2) is 17.5 Å². The van der Waals surface area contributed by atoms with Crippen LogP contribution in [-0.2, 0) is 16.0 Å². The van der Waals surface area contributed by atoms with Gasteiger partial charge in [-0.3, -0.25) is 9.69 Å². The summed E-state index contributed by atoms with van der Waals surface area (Å²) in [6, 6.07) is 4.23. The van der Waals surface area contributed by atoms with Crippen molar-refractivity contribution in [3.8, 4) is 0 Å². The van der Waals surface area contributed by atoms with Crippen molar-refractivity contribution in [2.24, 2.45) is 0 Å².